The van der Waals surface area contributed by atoms with Crippen LogP contribution >= 0.6 is 0 Å². The maximum atomic E-state index is 12.0. The topological polar surface area (TPSA) is 58.4 Å². The van der Waals surface area contributed by atoms with E-state index in [1.165, 1.54) is 0 Å². The molecule has 3 rings (SSSR count). The first-order valence-corrected chi connectivity index (χ1v) is 8.16. The molecule has 0 aliphatic carbocycles. The second kappa shape index (κ2) is 7.66. The molecule has 0 atom stereocenters. The number of nitrogens with zero attached hydrogens (tertiary/aromatic N) is 2. The number of benzene rings is 2. The number of rotatable bonds is 6. The maximum Gasteiger partial charge on any atom is 0.226 e. The van der Waals surface area contributed by atoms with Crippen LogP contribution in [0.4, 0.5) is 5.69 Å². The summed E-state index contributed by atoms with van der Waals surface area (Å²) >= 11 is 0. The van der Waals surface area contributed by atoms with E-state index in [0.29, 0.717) is 13.0 Å². The van der Waals surface area contributed by atoms with Crippen molar-refractivity contribution in [3.05, 3.63) is 72.0 Å². The highest BCUT2D eigenvalue weighted by Gasteiger charge is 2.11. The van der Waals surface area contributed by atoms with Gasteiger partial charge in [0.25, 0.3) is 0 Å². The molecule has 25 heavy (non-hydrogen) atoms. The van der Waals surface area contributed by atoms with Gasteiger partial charge in [-0.3, -0.25) is 4.79 Å². The monoisotopic (exact) mass is 335 g/mol. The van der Waals surface area contributed by atoms with E-state index in [9.17, 15) is 4.79 Å². The lowest BCUT2D eigenvalue weighted by molar-refractivity contribution is -0.127. The third-order valence-electron chi connectivity index (χ3n) is 3.94. The SMILES string of the molecule is CN(C)C(=O)Cc1ccccc1NCc1cc(-c2ccccc2)no1. The number of nitrogens with one attached hydrogen (secondary N) is 1. The Kier molecular flexibility index (Phi) is 5.14. The van der Waals surface area contributed by atoms with Gasteiger partial charge in [0.05, 0.1) is 13.0 Å². The Bertz CT molecular complexity index is 841. The molecule has 1 N–H and O–H groups in total. The van der Waals surface area contributed by atoms with Gasteiger partial charge in [-0.05, 0) is 11.6 Å². The summed E-state index contributed by atoms with van der Waals surface area (Å²) in [6.07, 6.45) is 0.363. The van der Waals surface area contributed by atoms with Crippen molar-refractivity contribution in [3.63, 3.8) is 0 Å². The number of likely N-dealkylation sites (N-methyl/N-ethyl adjacent to an activating group) is 1. The molecule has 0 saturated carbocycles. The van der Waals surface area contributed by atoms with Crippen LogP contribution in [-0.4, -0.2) is 30.1 Å². The number of anilines is 1. The van der Waals surface area contributed by atoms with Gasteiger partial charge < -0.3 is 14.7 Å². The molecule has 0 saturated heterocycles. The smallest absolute Gasteiger partial charge is 0.226 e. The molecular formula is C20H21N3O2. The average Bonchev–Trinajstić information content (AvgIpc) is 3.10. The molecule has 1 aromatic heterocycles. The second-order valence-corrected chi connectivity index (χ2v) is 6.02. The summed E-state index contributed by atoms with van der Waals surface area (Å²) in [4.78, 5) is 13.6. The second-order valence-electron chi connectivity index (χ2n) is 6.02. The van der Waals surface area contributed by atoms with Gasteiger partial charge >= 0.3 is 0 Å². The van der Waals surface area contributed by atoms with Gasteiger partial charge in [0.15, 0.2) is 5.76 Å². The van der Waals surface area contributed by atoms with Crippen molar-refractivity contribution in [2.24, 2.45) is 0 Å². The number of hydrogen-bond acceptors (Lipinski definition) is 4. The molecule has 1 heterocycles. The van der Waals surface area contributed by atoms with Crippen molar-refractivity contribution in [2.45, 2.75) is 13.0 Å². The Morgan fingerprint density at radius 1 is 1.08 bits per heavy atom. The van der Waals surface area contributed by atoms with E-state index in [-0.39, 0.29) is 5.91 Å². The molecule has 0 spiro atoms. The number of aromatic nitrogens is 1. The lowest BCUT2D eigenvalue weighted by Gasteiger charge is -2.13. The fraction of sp³-hybridized carbons (Fsp3) is 0.200. The third kappa shape index (κ3) is 4.26. The number of amides is 1. The molecule has 0 unspecified atom stereocenters. The van der Waals surface area contributed by atoms with E-state index in [1.807, 2.05) is 60.7 Å². The zero-order valence-electron chi connectivity index (χ0n) is 14.4. The van der Waals surface area contributed by atoms with Gasteiger partial charge in [0.2, 0.25) is 5.91 Å². The number of carbonyl (C=O) groups is 1. The normalized spacial score (nSPS) is 10.5. The summed E-state index contributed by atoms with van der Waals surface area (Å²) in [6.45, 7) is 0.507. The molecule has 0 fully saturated rings. The van der Waals surface area contributed by atoms with Crippen molar-refractivity contribution >= 4 is 11.6 Å². The zero-order chi connectivity index (χ0) is 17.6. The van der Waals surface area contributed by atoms with Crippen molar-refractivity contribution in [2.75, 3.05) is 19.4 Å². The molecule has 0 aliphatic heterocycles. The van der Waals surface area contributed by atoms with Gasteiger partial charge in [-0.25, -0.2) is 0 Å². The van der Waals surface area contributed by atoms with E-state index in [0.717, 1.165) is 28.3 Å². The fourth-order valence-electron chi connectivity index (χ4n) is 2.49. The van der Waals surface area contributed by atoms with Crippen LogP contribution in [0, 0.1) is 0 Å². The Labute approximate surface area is 147 Å². The van der Waals surface area contributed by atoms with E-state index in [1.54, 1.807) is 19.0 Å². The molecule has 0 aliphatic rings. The van der Waals surface area contributed by atoms with Crippen LogP contribution in [0.15, 0.2) is 65.2 Å². The molecule has 0 bridgehead atoms. The molecule has 5 nitrogen and oxygen atoms in total. The highest BCUT2D eigenvalue weighted by molar-refractivity contribution is 5.80. The van der Waals surface area contributed by atoms with Crippen LogP contribution < -0.4 is 5.32 Å². The van der Waals surface area contributed by atoms with E-state index >= 15 is 0 Å². The first-order chi connectivity index (χ1) is 12.1. The maximum absolute atomic E-state index is 12.0. The highest BCUT2D eigenvalue weighted by Crippen LogP contribution is 2.21. The highest BCUT2D eigenvalue weighted by atomic mass is 16.5. The number of carbonyl (C=O) groups excluding carboxylic acids is 1. The third-order valence-corrected chi connectivity index (χ3v) is 3.94. The summed E-state index contributed by atoms with van der Waals surface area (Å²) in [7, 11) is 3.52. The van der Waals surface area contributed by atoms with Crippen molar-refractivity contribution < 1.29 is 9.32 Å². The Morgan fingerprint density at radius 2 is 1.80 bits per heavy atom. The fourth-order valence-corrected chi connectivity index (χ4v) is 2.49. The van der Waals surface area contributed by atoms with Gasteiger partial charge in [0.1, 0.15) is 5.69 Å². The zero-order valence-corrected chi connectivity index (χ0v) is 14.4. The quantitative estimate of drug-likeness (QED) is 0.748. The lowest BCUT2D eigenvalue weighted by atomic mass is 10.1. The van der Waals surface area contributed by atoms with E-state index < -0.39 is 0 Å². The molecule has 0 radical (unpaired) electrons. The molecular weight excluding hydrogens is 314 g/mol. The van der Waals surface area contributed by atoms with Gasteiger partial charge in [-0.15, -0.1) is 0 Å². The van der Waals surface area contributed by atoms with Crippen LogP contribution in [0.5, 0.6) is 0 Å². The van der Waals surface area contributed by atoms with Crippen molar-refractivity contribution in [1.29, 1.82) is 0 Å². The molecule has 5 heteroatoms. The minimum Gasteiger partial charge on any atom is -0.377 e. The summed E-state index contributed by atoms with van der Waals surface area (Å²) < 4.78 is 5.41. The van der Waals surface area contributed by atoms with Crippen molar-refractivity contribution in [1.82, 2.24) is 10.1 Å². The molecule has 2 aromatic carbocycles. The van der Waals surface area contributed by atoms with Crippen LogP contribution in [0.3, 0.4) is 0 Å². The Balaban J connectivity index is 1.68. The predicted octanol–water partition coefficient (Wildman–Crippen LogP) is 3.58. The molecule has 128 valence electrons. The van der Waals surface area contributed by atoms with Crippen LogP contribution in [-0.2, 0) is 17.8 Å². The van der Waals surface area contributed by atoms with Gasteiger partial charge in [0, 0.05) is 31.4 Å². The summed E-state index contributed by atoms with van der Waals surface area (Å²) in [5, 5.41) is 7.45. The van der Waals surface area contributed by atoms with Crippen LogP contribution in [0.2, 0.25) is 0 Å². The van der Waals surface area contributed by atoms with E-state index in [4.69, 9.17) is 4.52 Å². The van der Waals surface area contributed by atoms with Crippen molar-refractivity contribution in [3.8, 4) is 11.3 Å². The Hall–Kier alpha value is -3.08. The van der Waals surface area contributed by atoms with Gasteiger partial charge in [-0.2, -0.15) is 0 Å². The van der Waals surface area contributed by atoms with Crippen LogP contribution in [0.1, 0.15) is 11.3 Å². The molecule has 3 aromatic rings. The first kappa shape index (κ1) is 16.8. The summed E-state index contributed by atoms with van der Waals surface area (Å²) in [5.41, 5.74) is 3.72. The number of hydrogen-bond donors (Lipinski definition) is 1. The first-order valence-electron chi connectivity index (χ1n) is 8.16. The standard InChI is InChI=1S/C20H21N3O2/c1-23(2)20(24)12-16-10-6-7-11-18(16)21-14-17-13-19(22-25-17)15-8-4-3-5-9-15/h3-11,13,21H,12,14H2,1-2H3. The Morgan fingerprint density at radius 3 is 2.56 bits per heavy atom. The largest absolute Gasteiger partial charge is 0.377 e. The average molecular weight is 335 g/mol. The minimum atomic E-state index is 0.0697. The summed E-state index contributed by atoms with van der Waals surface area (Å²) in [5.74, 6) is 0.813. The molecule has 1 amide bonds. The predicted molar refractivity (Wildman–Crippen MR) is 98.1 cm³/mol. The van der Waals surface area contributed by atoms with Gasteiger partial charge in [-0.1, -0.05) is 53.7 Å². The minimum absolute atomic E-state index is 0.0697. The number of para-hydroxylation sites is 1. The lowest BCUT2D eigenvalue weighted by Crippen LogP contribution is -2.23. The van der Waals surface area contributed by atoms with Crippen LogP contribution in [0.25, 0.3) is 11.3 Å². The van der Waals surface area contributed by atoms with E-state index in [2.05, 4.69) is 10.5 Å². The summed E-state index contributed by atoms with van der Waals surface area (Å²) in [6, 6.07) is 19.6.